The van der Waals surface area contributed by atoms with Crippen molar-refractivity contribution < 1.29 is 13.2 Å². The second-order valence-corrected chi connectivity index (χ2v) is 9.76. The van der Waals surface area contributed by atoms with Gasteiger partial charge in [-0.25, -0.2) is 8.42 Å². The van der Waals surface area contributed by atoms with Crippen LogP contribution < -0.4 is 5.32 Å². The molecule has 1 amide bonds. The Kier molecular flexibility index (Phi) is 5.50. The number of aryl methyl sites for hydroxylation is 1. The highest BCUT2D eigenvalue weighted by Crippen LogP contribution is 2.29. The number of thiophene rings is 1. The van der Waals surface area contributed by atoms with Crippen LogP contribution in [0.25, 0.3) is 0 Å². The number of benzene rings is 2. The molecule has 4 nitrogen and oxygen atoms in total. The molecule has 1 N–H and O–H groups in total. The van der Waals surface area contributed by atoms with Crippen LogP contribution >= 0.6 is 23.1 Å². The molecule has 3 aromatic rings. The average Bonchev–Trinajstić information content (AvgIpc) is 3.13. The normalized spacial score (nSPS) is 11.3. The van der Waals surface area contributed by atoms with E-state index in [9.17, 15) is 13.2 Å². The zero-order chi connectivity index (χ0) is 18.7. The molecule has 0 saturated carbocycles. The number of nitrogens with one attached hydrogen (secondary N) is 1. The predicted molar refractivity (Wildman–Crippen MR) is 107 cm³/mol. The van der Waals surface area contributed by atoms with Gasteiger partial charge in [0, 0.05) is 10.6 Å². The molecule has 0 aliphatic carbocycles. The summed E-state index contributed by atoms with van der Waals surface area (Å²) in [6, 6.07) is 17.2. The van der Waals surface area contributed by atoms with E-state index in [0.717, 1.165) is 21.8 Å². The molecule has 0 atom stereocenters. The van der Waals surface area contributed by atoms with E-state index < -0.39 is 9.84 Å². The third-order valence-electron chi connectivity index (χ3n) is 3.73. The highest BCUT2D eigenvalue weighted by atomic mass is 32.2. The van der Waals surface area contributed by atoms with Gasteiger partial charge in [-0.3, -0.25) is 4.79 Å². The van der Waals surface area contributed by atoms with Crippen LogP contribution in [0.2, 0.25) is 0 Å². The Morgan fingerprint density at radius 1 is 1.04 bits per heavy atom. The maximum Gasteiger partial charge on any atom is 0.265 e. The minimum Gasteiger partial charge on any atom is -0.321 e. The number of thioether (sulfide) groups is 1. The Hall–Kier alpha value is -2.09. The molecule has 26 heavy (non-hydrogen) atoms. The summed E-state index contributed by atoms with van der Waals surface area (Å²) in [4.78, 5) is 14.0. The highest BCUT2D eigenvalue weighted by molar-refractivity contribution is 7.98. The van der Waals surface area contributed by atoms with E-state index in [-0.39, 0.29) is 15.0 Å². The zero-order valence-corrected chi connectivity index (χ0v) is 16.7. The van der Waals surface area contributed by atoms with Gasteiger partial charge < -0.3 is 5.32 Å². The van der Waals surface area contributed by atoms with Crippen molar-refractivity contribution >= 4 is 44.5 Å². The van der Waals surface area contributed by atoms with Gasteiger partial charge in [0.1, 0.15) is 4.21 Å². The summed E-state index contributed by atoms with van der Waals surface area (Å²) in [6.07, 6.45) is 1.96. The molecule has 1 heterocycles. The van der Waals surface area contributed by atoms with Crippen LogP contribution in [-0.4, -0.2) is 20.6 Å². The number of carbonyl (C=O) groups excluding carboxylic acids is 1. The summed E-state index contributed by atoms with van der Waals surface area (Å²) in [5.41, 5.74) is 1.67. The smallest absolute Gasteiger partial charge is 0.265 e. The van der Waals surface area contributed by atoms with Crippen molar-refractivity contribution in [1.82, 2.24) is 0 Å². The Balaban J connectivity index is 1.82. The maximum absolute atomic E-state index is 12.7. The van der Waals surface area contributed by atoms with Crippen molar-refractivity contribution in [2.75, 3.05) is 11.6 Å². The number of amides is 1. The fourth-order valence-electron chi connectivity index (χ4n) is 2.31. The first kappa shape index (κ1) is 18.7. The van der Waals surface area contributed by atoms with E-state index >= 15 is 0 Å². The van der Waals surface area contributed by atoms with E-state index in [1.165, 1.54) is 6.07 Å². The van der Waals surface area contributed by atoms with Gasteiger partial charge in [-0.2, -0.15) is 0 Å². The predicted octanol–water partition coefficient (Wildman–Crippen LogP) is 4.86. The van der Waals surface area contributed by atoms with Crippen LogP contribution in [0.4, 0.5) is 5.69 Å². The lowest BCUT2D eigenvalue weighted by atomic mass is 10.2. The SMILES string of the molecule is CSc1cccc(NC(=O)c2ccc(S(=O)(=O)c3ccc(C)cc3)s2)c1. The van der Waals surface area contributed by atoms with Gasteiger partial charge >= 0.3 is 0 Å². The Labute approximate surface area is 161 Å². The molecule has 134 valence electrons. The van der Waals surface area contributed by atoms with Gasteiger partial charge in [0.25, 0.3) is 5.91 Å². The molecule has 0 aliphatic rings. The summed E-state index contributed by atoms with van der Waals surface area (Å²) in [7, 11) is -3.62. The molecule has 0 bridgehead atoms. The second kappa shape index (κ2) is 7.65. The quantitative estimate of drug-likeness (QED) is 0.618. The van der Waals surface area contributed by atoms with Crippen molar-refractivity contribution in [1.29, 1.82) is 0 Å². The van der Waals surface area contributed by atoms with Crippen LogP contribution in [0.15, 0.2) is 74.7 Å². The third-order valence-corrected chi connectivity index (χ3v) is 7.80. The van der Waals surface area contributed by atoms with Gasteiger partial charge in [0.15, 0.2) is 0 Å². The van der Waals surface area contributed by atoms with E-state index in [1.54, 1.807) is 48.2 Å². The monoisotopic (exact) mass is 403 g/mol. The summed E-state index contributed by atoms with van der Waals surface area (Å²) < 4.78 is 25.6. The number of sulfone groups is 1. The summed E-state index contributed by atoms with van der Waals surface area (Å²) in [5, 5.41) is 2.81. The Bertz CT molecular complexity index is 1040. The van der Waals surface area contributed by atoms with E-state index in [4.69, 9.17) is 0 Å². The van der Waals surface area contributed by atoms with Gasteiger partial charge in [-0.05, 0) is 55.6 Å². The fraction of sp³-hybridized carbons (Fsp3) is 0.105. The van der Waals surface area contributed by atoms with Crippen LogP contribution in [0, 0.1) is 6.92 Å². The average molecular weight is 404 g/mol. The van der Waals surface area contributed by atoms with Gasteiger partial charge in [-0.1, -0.05) is 23.8 Å². The van der Waals surface area contributed by atoms with Gasteiger partial charge in [0.05, 0.1) is 9.77 Å². The largest absolute Gasteiger partial charge is 0.321 e. The molecule has 3 rings (SSSR count). The number of hydrogen-bond acceptors (Lipinski definition) is 5. The molecule has 2 aromatic carbocycles. The van der Waals surface area contributed by atoms with Crippen molar-refractivity contribution in [3.63, 3.8) is 0 Å². The van der Waals surface area contributed by atoms with Gasteiger partial charge in [0.2, 0.25) is 9.84 Å². The number of hydrogen-bond donors (Lipinski definition) is 1. The number of carbonyl (C=O) groups is 1. The molecule has 0 saturated heterocycles. The molecule has 0 spiro atoms. The molecule has 0 unspecified atom stereocenters. The molecular formula is C19H17NO3S3. The lowest BCUT2D eigenvalue weighted by molar-refractivity contribution is 0.103. The van der Waals surface area contributed by atoms with Crippen molar-refractivity contribution in [3.05, 3.63) is 71.1 Å². The maximum atomic E-state index is 12.7. The Morgan fingerprint density at radius 2 is 1.77 bits per heavy atom. The zero-order valence-electron chi connectivity index (χ0n) is 14.2. The number of rotatable bonds is 5. The van der Waals surface area contributed by atoms with Crippen molar-refractivity contribution in [2.45, 2.75) is 20.9 Å². The summed E-state index contributed by atoms with van der Waals surface area (Å²) in [5.74, 6) is -0.321. The molecule has 0 aliphatic heterocycles. The van der Waals surface area contributed by atoms with Crippen LogP contribution in [-0.2, 0) is 9.84 Å². The summed E-state index contributed by atoms with van der Waals surface area (Å²) >= 11 is 2.55. The fourth-order valence-corrected chi connectivity index (χ4v) is 5.38. The number of anilines is 1. The molecule has 0 radical (unpaired) electrons. The minimum absolute atomic E-state index is 0.157. The van der Waals surface area contributed by atoms with E-state index in [0.29, 0.717) is 10.6 Å². The van der Waals surface area contributed by atoms with Crippen molar-refractivity contribution in [2.24, 2.45) is 0 Å². The molecular weight excluding hydrogens is 386 g/mol. The van der Waals surface area contributed by atoms with Gasteiger partial charge in [-0.15, -0.1) is 23.1 Å². The molecule has 7 heteroatoms. The standard InChI is InChI=1S/C19H17NO3S3/c1-13-6-8-16(9-7-13)26(22,23)18-11-10-17(25-18)19(21)20-14-4-3-5-15(12-14)24-2/h3-12H,1-2H3,(H,20,21). The first-order chi connectivity index (χ1) is 12.4. The highest BCUT2D eigenvalue weighted by Gasteiger charge is 2.21. The minimum atomic E-state index is -3.62. The van der Waals surface area contributed by atoms with Crippen LogP contribution in [0.3, 0.4) is 0 Å². The van der Waals surface area contributed by atoms with E-state index in [1.807, 2.05) is 31.4 Å². The topological polar surface area (TPSA) is 63.2 Å². The third kappa shape index (κ3) is 4.00. The summed E-state index contributed by atoms with van der Waals surface area (Å²) in [6.45, 7) is 1.90. The first-order valence-corrected chi connectivity index (χ1v) is 11.3. The molecule has 0 fully saturated rings. The van der Waals surface area contributed by atoms with E-state index in [2.05, 4.69) is 5.32 Å². The Morgan fingerprint density at radius 3 is 2.46 bits per heavy atom. The van der Waals surface area contributed by atoms with Crippen molar-refractivity contribution in [3.8, 4) is 0 Å². The van der Waals surface area contributed by atoms with Crippen LogP contribution in [0.5, 0.6) is 0 Å². The first-order valence-electron chi connectivity index (χ1n) is 7.77. The van der Waals surface area contributed by atoms with Crippen LogP contribution in [0.1, 0.15) is 15.2 Å². The lowest BCUT2D eigenvalue weighted by Gasteiger charge is -2.05. The molecule has 1 aromatic heterocycles. The lowest BCUT2D eigenvalue weighted by Crippen LogP contribution is -2.10. The second-order valence-electron chi connectivity index (χ2n) is 5.62.